The van der Waals surface area contributed by atoms with Crippen LogP contribution in [-0.4, -0.2) is 22.2 Å². The van der Waals surface area contributed by atoms with E-state index < -0.39 is 0 Å². The van der Waals surface area contributed by atoms with Crippen LogP contribution in [0.25, 0.3) is 10.6 Å². The second-order valence-electron chi connectivity index (χ2n) is 5.43. The normalized spacial score (nSPS) is 15.8. The Balaban J connectivity index is 2.03. The molecule has 104 valence electrons. The third-order valence-corrected chi connectivity index (χ3v) is 4.35. The minimum Gasteiger partial charge on any atom is -0.486 e. The molecule has 0 N–H and O–H groups in total. The van der Waals surface area contributed by atoms with Crippen LogP contribution < -0.4 is 4.74 Å². The van der Waals surface area contributed by atoms with Gasteiger partial charge in [0.2, 0.25) is 0 Å². The van der Waals surface area contributed by atoms with Gasteiger partial charge in [0, 0.05) is 11.8 Å². The Morgan fingerprint density at radius 3 is 3.05 bits per heavy atom. The van der Waals surface area contributed by atoms with E-state index in [9.17, 15) is 4.79 Å². The molecule has 1 aromatic carbocycles. The molecule has 1 aliphatic heterocycles. The second-order valence-corrected chi connectivity index (χ2v) is 6.55. The summed E-state index contributed by atoms with van der Waals surface area (Å²) in [6, 6.07) is 6.06. The highest BCUT2D eigenvalue weighted by Gasteiger charge is 2.32. The van der Waals surface area contributed by atoms with Crippen molar-refractivity contribution in [3.63, 3.8) is 0 Å². The van der Waals surface area contributed by atoms with E-state index in [-0.39, 0.29) is 17.3 Å². The maximum atomic E-state index is 11.6. The van der Waals surface area contributed by atoms with Crippen LogP contribution in [0.5, 0.6) is 5.75 Å². The van der Waals surface area contributed by atoms with Gasteiger partial charge in [-0.05, 0) is 25.5 Å². The monoisotopic (exact) mass is 307 g/mol. The molecule has 0 bridgehead atoms. The van der Waals surface area contributed by atoms with Gasteiger partial charge in [0.25, 0.3) is 0 Å². The van der Waals surface area contributed by atoms with E-state index in [1.807, 2.05) is 12.1 Å². The third-order valence-electron chi connectivity index (χ3n) is 3.23. The molecule has 1 aliphatic rings. The lowest BCUT2D eigenvalue weighted by Crippen LogP contribution is -2.24. The Bertz CT molecular complexity index is 678. The summed E-state index contributed by atoms with van der Waals surface area (Å²) < 4.78 is 6.03. The number of hydrogen-bond acceptors (Lipinski definition) is 4. The molecule has 1 aromatic heterocycles. The van der Waals surface area contributed by atoms with Crippen LogP contribution in [0.15, 0.2) is 23.6 Å². The Hall–Kier alpha value is -1.39. The van der Waals surface area contributed by atoms with Gasteiger partial charge in [0.1, 0.15) is 22.1 Å². The van der Waals surface area contributed by atoms with E-state index >= 15 is 0 Å². The number of aromatic nitrogens is 1. The van der Waals surface area contributed by atoms with Crippen molar-refractivity contribution in [3.05, 3.63) is 34.8 Å². The maximum absolute atomic E-state index is 11.6. The molecular formula is C15H14ClNO2S. The number of alkyl halides is 1. The average Bonchev–Trinajstić information content (AvgIpc) is 2.99. The van der Waals surface area contributed by atoms with Crippen LogP contribution in [0.4, 0.5) is 0 Å². The molecule has 2 heterocycles. The Morgan fingerprint density at radius 1 is 1.50 bits per heavy atom. The van der Waals surface area contributed by atoms with E-state index in [2.05, 4.69) is 24.9 Å². The molecule has 0 unspecified atom stereocenters. The Labute approximate surface area is 126 Å². The fraction of sp³-hybridized carbons (Fsp3) is 0.333. The summed E-state index contributed by atoms with van der Waals surface area (Å²) in [4.78, 5) is 16.0. The van der Waals surface area contributed by atoms with E-state index in [1.54, 1.807) is 5.38 Å². The molecular weight excluding hydrogens is 294 g/mol. The van der Waals surface area contributed by atoms with Gasteiger partial charge in [-0.3, -0.25) is 4.79 Å². The number of benzene rings is 1. The Kier molecular flexibility index (Phi) is 3.30. The SMILES string of the molecule is CC1(C)Cc2cccc(-c3nc(C(=O)CCl)cs3)c2O1. The molecule has 0 atom stereocenters. The summed E-state index contributed by atoms with van der Waals surface area (Å²) in [6.07, 6.45) is 0.884. The molecule has 2 aromatic rings. The van der Waals surface area contributed by atoms with Gasteiger partial charge < -0.3 is 4.74 Å². The molecule has 20 heavy (non-hydrogen) atoms. The molecule has 0 saturated heterocycles. The van der Waals surface area contributed by atoms with Gasteiger partial charge in [-0.1, -0.05) is 12.1 Å². The van der Waals surface area contributed by atoms with Gasteiger partial charge in [0.15, 0.2) is 5.78 Å². The maximum Gasteiger partial charge on any atom is 0.196 e. The standard InChI is InChI=1S/C15H14ClNO2S/c1-15(2)6-9-4-3-5-10(13(9)19-15)14-17-11(8-20-14)12(18)7-16/h3-5,8H,6-7H2,1-2H3. The fourth-order valence-electron chi connectivity index (χ4n) is 2.38. The highest BCUT2D eigenvalue weighted by atomic mass is 35.5. The Morgan fingerprint density at radius 2 is 2.30 bits per heavy atom. The first-order chi connectivity index (χ1) is 9.50. The molecule has 0 radical (unpaired) electrons. The van der Waals surface area contributed by atoms with Crippen molar-refractivity contribution in [2.45, 2.75) is 25.9 Å². The van der Waals surface area contributed by atoms with Crippen molar-refractivity contribution in [3.8, 4) is 16.3 Å². The molecule has 5 heteroatoms. The number of carbonyl (C=O) groups is 1. The first-order valence-corrected chi connectivity index (χ1v) is 7.77. The molecule has 0 spiro atoms. The van der Waals surface area contributed by atoms with Gasteiger partial charge in [-0.2, -0.15) is 0 Å². The highest BCUT2D eigenvalue weighted by Crippen LogP contribution is 2.42. The lowest BCUT2D eigenvalue weighted by molar-refractivity contribution is 0.101. The van der Waals surface area contributed by atoms with Crippen molar-refractivity contribution in [2.24, 2.45) is 0 Å². The summed E-state index contributed by atoms with van der Waals surface area (Å²) >= 11 is 7.01. The largest absolute Gasteiger partial charge is 0.486 e. The van der Waals surface area contributed by atoms with E-state index in [0.717, 1.165) is 22.7 Å². The number of thiazole rings is 1. The zero-order valence-electron chi connectivity index (χ0n) is 11.3. The number of nitrogens with zero attached hydrogens (tertiary/aromatic N) is 1. The smallest absolute Gasteiger partial charge is 0.196 e. The zero-order valence-corrected chi connectivity index (χ0v) is 12.8. The van der Waals surface area contributed by atoms with Crippen molar-refractivity contribution < 1.29 is 9.53 Å². The molecule has 0 aliphatic carbocycles. The lowest BCUT2D eigenvalue weighted by atomic mass is 10.0. The van der Waals surface area contributed by atoms with Crippen LogP contribution in [0.3, 0.4) is 0 Å². The third kappa shape index (κ3) is 2.34. The van der Waals surface area contributed by atoms with Crippen molar-refractivity contribution in [1.82, 2.24) is 4.98 Å². The summed E-state index contributed by atoms with van der Waals surface area (Å²) in [6.45, 7) is 4.14. The molecule has 0 saturated carbocycles. The van der Waals surface area contributed by atoms with Crippen LogP contribution in [0.1, 0.15) is 29.9 Å². The number of ether oxygens (including phenoxy) is 1. The number of hydrogen-bond donors (Lipinski definition) is 0. The molecule has 3 rings (SSSR count). The topological polar surface area (TPSA) is 39.2 Å². The van der Waals surface area contributed by atoms with E-state index in [0.29, 0.717) is 5.69 Å². The molecule has 0 fully saturated rings. The number of Topliss-reactive ketones (excluding diaryl/α,β-unsaturated/α-hetero) is 1. The summed E-state index contributed by atoms with van der Waals surface area (Å²) in [7, 11) is 0. The number of fused-ring (bicyclic) bond motifs is 1. The lowest BCUT2D eigenvalue weighted by Gasteiger charge is -2.17. The number of ketones is 1. The van der Waals surface area contributed by atoms with Crippen molar-refractivity contribution >= 4 is 28.7 Å². The predicted molar refractivity (Wildman–Crippen MR) is 81.0 cm³/mol. The minimum atomic E-state index is -0.190. The fourth-order valence-corrected chi connectivity index (χ4v) is 3.36. The average molecular weight is 308 g/mol. The quantitative estimate of drug-likeness (QED) is 0.637. The number of para-hydroxylation sites is 1. The second kappa shape index (κ2) is 4.86. The minimum absolute atomic E-state index is 0.0421. The van der Waals surface area contributed by atoms with Gasteiger partial charge in [-0.15, -0.1) is 22.9 Å². The summed E-state index contributed by atoms with van der Waals surface area (Å²) in [5.74, 6) is 0.694. The highest BCUT2D eigenvalue weighted by molar-refractivity contribution is 7.13. The first kappa shape index (κ1) is 13.6. The first-order valence-electron chi connectivity index (χ1n) is 6.36. The number of carbonyl (C=O) groups excluding carboxylic acids is 1. The van der Waals surface area contributed by atoms with Crippen molar-refractivity contribution in [1.29, 1.82) is 0 Å². The van der Waals surface area contributed by atoms with Gasteiger partial charge in [0.05, 0.1) is 11.4 Å². The van der Waals surface area contributed by atoms with Crippen molar-refractivity contribution in [2.75, 3.05) is 5.88 Å². The van der Waals surface area contributed by atoms with Crippen LogP contribution in [-0.2, 0) is 6.42 Å². The summed E-state index contributed by atoms with van der Waals surface area (Å²) in [5.41, 5.74) is 2.37. The van der Waals surface area contributed by atoms with E-state index in [1.165, 1.54) is 16.9 Å². The van der Waals surface area contributed by atoms with Gasteiger partial charge in [-0.25, -0.2) is 4.98 Å². The van der Waals surface area contributed by atoms with Crippen LogP contribution in [0, 0.1) is 0 Å². The number of rotatable bonds is 3. The van der Waals surface area contributed by atoms with Gasteiger partial charge >= 0.3 is 0 Å². The predicted octanol–water partition coefficient (Wildman–Crippen LogP) is 3.95. The molecule has 3 nitrogen and oxygen atoms in total. The number of halogens is 1. The summed E-state index contributed by atoms with van der Waals surface area (Å²) in [5, 5.41) is 2.55. The van der Waals surface area contributed by atoms with E-state index in [4.69, 9.17) is 16.3 Å². The zero-order chi connectivity index (χ0) is 14.3. The van der Waals surface area contributed by atoms with Crippen LogP contribution in [0.2, 0.25) is 0 Å². The molecule has 0 amide bonds. The van der Waals surface area contributed by atoms with Crippen LogP contribution >= 0.6 is 22.9 Å².